The number of aromatic amines is 1. The molecule has 1 aliphatic heterocycles. The smallest absolute Gasteiger partial charge is 0.321 e. The number of carbonyl (C=O) groups excluding carboxylic acids is 1. The van der Waals surface area contributed by atoms with Gasteiger partial charge < -0.3 is 10.2 Å². The Morgan fingerprint density at radius 1 is 1.52 bits per heavy atom. The first-order valence-electron chi connectivity index (χ1n) is 7.46. The molecule has 1 fully saturated rings. The highest BCUT2D eigenvalue weighted by molar-refractivity contribution is 5.89. The van der Waals surface area contributed by atoms with Crippen molar-refractivity contribution in [3.63, 3.8) is 0 Å². The number of rotatable bonds is 2. The van der Waals surface area contributed by atoms with Crippen LogP contribution in [0.2, 0.25) is 0 Å². The summed E-state index contributed by atoms with van der Waals surface area (Å²) < 4.78 is 0. The van der Waals surface area contributed by atoms with Crippen molar-refractivity contribution in [3.8, 4) is 6.07 Å². The fourth-order valence-corrected chi connectivity index (χ4v) is 2.65. The Morgan fingerprint density at radius 3 is 3.04 bits per heavy atom. The van der Waals surface area contributed by atoms with Crippen molar-refractivity contribution in [2.45, 2.75) is 25.7 Å². The second-order valence-corrected chi connectivity index (χ2v) is 5.54. The van der Waals surface area contributed by atoms with Crippen LogP contribution in [0.5, 0.6) is 0 Å². The van der Waals surface area contributed by atoms with Crippen LogP contribution in [0.15, 0.2) is 18.3 Å². The number of nitriles is 1. The molecule has 2 N–H and O–H groups in total. The Labute approximate surface area is 133 Å². The van der Waals surface area contributed by atoms with Crippen LogP contribution in [-0.4, -0.2) is 44.2 Å². The van der Waals surface area contributed by atoms with Crippen molar-refractivity contribution >= 4 is 11.7 Å². The van der Waals surface area contributed by atoms with Crippen LogP contribution in [0, 0.1) is 18.3 Å². The first-order valence-corrected chi connectivity index (χ1v) is 7.46. The van der Waals surface area contributed by atoms with E-state index in [4.69, 9.17) is 5.26 Å². The minimum atomic E-state index is -0.173. The molecule has 2 aromatic rings. The number of nitrogens with one attached hydrogen (secondary N) is 2. The largest absolute Gasteiger partial charge is 0.324 e. The lowest BCUT2D eigenvalue weighted by Gasteiger charge is -2.31. The van der Waals surface area contributed by atoms with E-state index in [1.165, 1.54) is 6.20 Å². The van der Waals surface area contributed by atoms with Gasteiger partial charge in [-0.2, -0.15) is 10.4 Å². The zero-order valence-corrected chi connectivity index (χ0v) is 12.8. The lowest BCUT2D eigenvalue weighted by molar-refractivity contribution is 0.191. The fourth-order valence-electron chi connectivity index (χ4n) is 2.65. The quantitative estimate of drug-likeness (QED) is 0.878. The van der Waals surface area contributed by atoms with E-state index < -0.39 is 0 Å². The first-order chi connectivity index (χ1) is 11.2. The molecule has 0 bridgehead atoms. The molecule has 3 heterocycles. The average Bonchev–Trinajstić information content (AvgIpc) is 3.02. The van der Waals surface area contributed by atoms with Crippen molar-refractivity contribution in [2.75, 3.05) is 18.4 Å². The highest BCUT2D eigenvalue weighted by Gasteiger charge is 2.27. The number of aromatic nitrogens is 4. The SMILES string of the molecule is Cc1nc(C2CCCN(C(=O)Nc3ccc(C#N)nc3)C2)n[nH]1. The van der Waals surface area contributed by atoms with E-state index in [0.717, 1.165) is 24.5 Å². The number of anilines is 1. The number of piperidine rings is 1. The van der Waals surface area contributed by atoms with E-state index in [-0.39, 0.29) is 11.9 Å². The number of hydrogen-bond acceptors (Lipinski definition) is 5. The molecule has 1 unspecified atom stereocenters. The number of pyridine rings is 1. The Bertz CT molecular complexity index is 731. The second-order valence-electron chi connectivity index (χ2n) is 5.54. The summed E-state index contributed by atoms with van der Waals surface area (Å²) in [7, 11) is 0. The molecule has 2 aromatic heterocycles. The molecular weight excluding hydrogens is 294 g/mol. The number of H-pyrrole nitrogens is 1. The van der Waals surface area contributed by atoms with Crippen molar-refractivity contribution in [3.05, 3.63) is 35.7 Å². The van der Waals surface area contributed by atoms with Gasteiger partial charge in [0.2, 0.25) is 0 Å². The van der Waals surface area contributed by atoms with Gasteiger partial charge in [0, 0.05) is 19.0 Å². The molecule has 0 saturated carbocycles. The van der Waals surface area contributed by atoms with Crippen LogP contribution in [0.1, 0.15) is 36.1 Å². The fraction of sp³-hybridized carbons (Fsp3) is 0.400. The van der Waals surface area contributed by atoms with Gasteiger partial charge in [-0.05, 0) is 31.9 Å². The minimum absolute atomic E-state index is 0.151. The molecule has 2 amide bonds. The Hall–Kier alpha value is -2.95. The summed E-state index contributed by atoms with van der Waals surface area (Å²) in [5.74, 6) is 1.70. The summed E-state index contributed by atoms with van der Waals surface area (Å²) in [4.78, 5) is 22.4. The van der Waals surface area contributed by atoms with Gasteiger partial charge in [0.25, 0.3) is 0 Å². The molecule has 0 aliphatic carbocycles. The monoisotopic (exact) mass is 311 g/mol. The van der Waals surface area contributed by atoms with E-state index in [2.05, 4.69) is 25.5 Å². The van der Waals surface area contributed by atoms with Crippen LogP contribution in [0.4, 0.5) is 10.5 Å². The van der Waals surface area contributed by atoms with Crippen molar-refractivity contribution < 1.29 is 4.79 Å². The van der Waals surface area contributed by atoms with Gasteiger partial charge in [0.15, 0.2) is 5.82 Å². The number of likely N-dealkylation sites (tertiary alicyclic amines) is 1. The van der Waals surface area contributed by atoms with Gasteiger partial charge >= 0.3 is 6.03 Å². The Balaban J connectivity index is 1.63. The second kappa shape index (κ2) is 6.44. The molecule has 23 heavy (non-hydrogen) atoms. The third kappa shape index (κ3) is 3.45. The Morgan fingerprint density at radius 2 is 2.39 bits per heavy atom. The third-order valence-corrected chi connectivity index (χ3v) is 3.82. The molecule has 1 atom stereocenters. The predicted molar refractivity (Wildman–Crippen MR) is 82.6 cm³/mol. The van der Waals surface area contributed by atoms with Gasteiger partial charge in [0.05, 0.1) is 11.9 Å². The standard InChI is InChI=1S/C15H17N7O/c1-10-18-14(21-20-10)11-3-2-6-22(9-11)15(23)19-13-5-4-12(7-16)17-8-13/h4-5,8,11H,2-3,6,9H2,1H3,(H,19,23)(H,18,20,21). The average molecular weight is 311 g/mol. The molecule has 0 spiro atoms. The summed E-state index contributed by atoms with van der Waals surface area (Å²) in [5.41, 5.74) is 0.894. The van der Waals surface area contributed by atoms with Crippen molar-refractivity contribution in [1.29, 1.82) is 5.26 Å². The highest BCUT2D eigenvalue weighted by atomic mass is 16.2. The molecule has 0 aromatic carbocycles. The first kappa shape index (κ1) is 15.0. The van der Waals surface area contributed by atoms with Gasteiger partial charge in [-0.15, -0.1) is 0 Å². The predicted octanol–water partition coefficient (Wildman–Crippen LogP) is 1.79. The minimum Gasteiger partial charge on any atom is -0.324 e. The molecule has 118 valence electrons. The maximum absolute atomic E-state index is 12.4. The van der Waals surface area contributed by atoms with Gasteiger partial charge in [-0.25, -0.2) is 14.8 Å². The molecule has 1 aliphatic rings. The topological polar surface area (TPSA) is 111 Å². The van der Waals surface area contributed by atoms with Crippen molar-refractivity contribution in [1.82, 2.24) is 25.1 Å². The molecule has 3 rings (SSSR count). The number of urea groups is 1. The van der Waals surface area contributed by atoms with E-state index in [1.54, 1.807) is 17.0 Å². The summed E-state index contributed by atoms with van der Waals surface area (Å²) in [5, 5.41) is 18.6. The van der Waals surface area contributed by atoms with Crippen LogP contribution in [0.25, 0.3) is 0 Å². The maximum atomic E-state index is 12.4. The number of nitrogens with zero attached hydrogens (tertiary/aromatic N) is 5. The lowest BCUT2D eigenvalue weighted by Crippen LogP contribution is -2.41. The highest BCUT2D eigenvalue weighted by Crippen LogP contribution is 2.24. The number of amides is 2. The van der Waals surface area contributed by atoms with E-state index in [1.807, 2.05) is 13.0 Å². The van der Waals surface area contributed by atoms with Crippen LogP contribution < -0.4 is 5.32 Å². The number of aryl methyl sites for hydroxylation is 1. The van der Waals surface area contributed by atoms with Crippen molar-refractivity contribution in [2.24, 2.45) is 0 Å². The number of carbonyl (C=O) groups is 1. The van der Waals surface area contributed by atoms with Gasteiger partial charge in [0.1, 0.15) is 17.6 Å². The van der Waals surface area contributed by atoms with E-state index in [0.29, 0.717) is 24.5 Å². The summed E-state index contributed by atoms with van der Waals surface area (Å²) in [6.45, 7) is 3.16. The zero-order chi connectivity index (χ0) is 16.2. The molecule has 1 saturated heterocycles. The molecule has 8 heteroatoms. The van der Waals surface area contributed by atoms with Gasteiger partial charge in [-0.3, -0.25) is 5.10 Å². The van der Waals surface area contributed by atoms with E-state index >= 15 is 0 Å². The molecular formula is C15H17N7O. The summed E-state index contributed by atoms with van der Waals surface area (Å²) in [6, 6.07) is 5.02. The maximum Gasteiger partial charge on any atom is 0.321 e. The normalized spacial score (nSPS) is 17.6. The van der Waals surface area contributed by atoms with Crippen LogP contribution in [0.3, 0.4) is 0 Å². The summed E-state index contributed by atoms with van der Waals surface area (Å²) >= 11 is 0. The Kier molecular flexibility index (Phi) is 4.19. The van der Waals surface area contributed by atoms with Gasteiger partial charge in [-0.1, -0.05) is 0 Å². The lowest BCUT2D eigenvalue weighted by atomic mass is 9.98. The van der Waals surface area contributed by atoms with Crippen LogP contribution >= 0.6 is 0 Å². The number of hydrogen-bond donors (Lipinski definition) is 2. The summed E-state index contributed by atoms with van der Waals surface area (Å²) in [6.07, 6.45) is 3.37. The third-order valence-electron chi connectivity index (χ3n) is 3.82. The van der Waals surface area contributed by atoms with Crippen LogP contribution in [-0.2, 0) is 0 Å². The zero-order valence-electron chi connectivity index (χ0n) is 12.8. The van der Waals surface area contributed by atoms with E-state index in [9.17, 15) is 4.79 Å². The molecule has 0 radical (unpaired) electrons. The molecule has 8 nitrogen and oxygen atoms in total.